The van der Waals surface area contributed by atoms with Crippen LogP contribution in [0, 0.1) is 5.92 Å². The van der Waals surface area contributed by atoms with E-state index in [0.29, 0.717) is 47.6 Å². The van der Waals surface area contributed by atoms with Gasteiger partial charge in [0.05, 0.1) is 27.2 Å². The number of carbonyl (C=O) groups is 3. The van der Waals surface area contributed by atoms with Gasteiger partial charge in [0.2, 0.25) is 17.6 Å². The number of rotatable bonds is 6. The maximum Gasteiger partial charge on any atom is 0.269 e. The molecule has 180 valence electrons. The molecule has 0 spiro atoms. The van der Waals surface area contributed by atoms with Crippen LogP contribution >= 0.6 is 0 Å². The molecule has 2 aromatic rings. The van der Waals surface area contributed by atoms with Crippen molar-refractivity contribution < 1.29 is 38.1 Å². The normalized spacial score (nSPS) is 16.6. The average molecular weight is 471 g/mol. The third-order valence-electron chi connectivity index (χ3n) is 5.56. The third-order valence-corrected chi connectivity index (χ3v) is 5.56. The van der Waals surface area contributed by atoms with Crippen LogP contribution < -0.4 is 39.4 Å². The molecule has 0 bridgehead atoms. The molecule has 2 aliphatic heterocycles. The van der Waals surface area contributed by atoms with Gasteiger partial charge >= 0.3 is 0 Å². The fraction of sp³-hybridized carbons (Fsp3) is 0.348. The number of methoxy groups -OCH3 is 3. The molecule has 3 amide bonds. The zero-order valence-electron chi connectivity index (χ0n) is 19.0. The zero-order chi connectivity index (χ0) is 24.2. The van der Waals surface area contributed by atoms with Crippen molar-refractivity contribution in [2.75, 3.05) is 46.0 Å². The molecule has 4 rings (SSSR count). The lowest BCUT2D eigenvalue weighted by molar-refractivity contribution is -0.126. The van der Waals surface area contributed by atoms with Crippen LogP contribution in [0.3, 0.4) is 0 Å². The van der Waals surface area contributed by atoms with Gasteiger partial charge in [0.25, 0.3) is 5.91 Å². The van der Waals surface area contributed by atoms with Crippen molar-refractivity contribution in [2.45, 2.75) is 6.42 Å². The number of benzene rings is 2. The Kier molecular flexibility index (Phi) is 6.62. The van der Waals surface area contributed by atoms with Crippen LogP contribution in [0.1, 0.15) is 16.8 Å². The Morgan fingerprint density at radius 3 is 2.26 bits per heavy atom. The van der Waals surface area contributed by atoms with E-state index in [9.17, 15) is 14.4 Å². The standard InChI is InChI=1S/C23H25N3O8/c1-30-18-8-13(9-19(31-2)21(18)32-3)22(28)24-25-23(29)14-10-20(27)26(12-14)15-4-5-16-17(11-15)34-7-6-33-16/h4-5,8-9,11,14H,6-7,10,12H2,1-3H3,(H,24,28)(H,25,29)/t14-/m1/s1. The fourth-order valence-electron chi connectivity index (χ4n) is 3.84. The van der Waals surface area contributed by atoms with E-state index in [1.807, 2.05) is 0 Å². The quantitative estimate of drug-likeness (QED) is 0.604. The first-order valence-electron chi connectivity index (χ1n) is 10.5. The van der Waals surface area contributed by atoms with Crippen LogP contribution in [0.5, 0.6) is 28.7 Å². The topological polar surface area (TPSA) is 125 Å². The second kappa shape index (κ2) is 9.77. The molecule has 34 heavy (non-hydrogen) atoms. The fourth-order valence-corrected chi connectivity index (χ4v) is 3.84. The Morgan fingerprint density at radius 1 is 0.941 bits per heavy atom. The molecular weight excluding hydrogens is 446 g/mol. The maximum atomic E-state index is 12.7. The summed E-state index contributed by atoms with van der Waals surface area (Å²) >= 11 is 0. The molecule has 0 aliphatic carbocycles. The molecule has 0 saturated carbocycles. The molecule has 2 heterocycles. The molecule has 2 N–H and O–H groups in total. The number of carbonyl (C=O) groups excluding carboxylic acids is 3. The predicted molar refractivity (Wildman–Crippen MR) is 120 cm³/mol. The molecule has 2 aliphatic rings. The summed E-state index contributed by atoms with van der Waals surface area (Å²) in [6, 6.07) is 8.13. The summed E-state index contributed by atoms with van der Waals surface area (Å²) in [6.45, 7) is 1.07. The number of hydrazine groups is 1. The summed E-state index contributed by atoms with van der Waals surface area (Å²) in [5.41, 5.74) is 5.57. The highest BCUT2D eigenvalue weighted by Crippen LogP contribution is 2.38. The van der Waals surface area contributed by atoms with Crippen molar-refractivity contribution in [3.8, 4) is 28.7 Å². The first kappa shape index (κ1) is 23.0. The predicted octanol–water partition coefficient (Wildman–Crippen LogP) is 1.30. The van der Waals surface area contributed by atoms with Crippen molar-refractivity contribution in [2.24, 2.45) is 5.92 Å². The minimum absolute atomic E-state index is 0.0142. The first-order chi connectivity index (χ1) is 16.4. The monoisotopic (exact) mass is 471 g/mol. The van der Waals surface area contributed by atoms with Crippen LogP contribution in [-0.2, 0) is 9.59 Å². The van der Waals surface area contributed by atoms with Gasteiger partial charge in [-0.1, -0.05) is 0 Å². The van der Waals surface area contributed by atoms with Gasteiger partial charge in [-0.15, -0.1) is 0 Å². The van der Waals surface area contributed by atoms with Crippen LogP contribution in [-0.4, -0.2) is 58.8 Å². The number of anilines is 1. The second-order valence-corrected chi connectivity index (χ2v) is 7.59. The number of hydrogen-bond acceptors (Lipinski definition) is 8. The van der Waals surface area contributed by atoms with Crippen molar-refractivity contribution in [3.63, 3.8) is 0 Å². The number of nitrogens with one attached hydrogen (secondary N) is 2. The van der Waals surface area contributed by atoms with E-state index >= 15 is 0 Å². The smallest absolute Gasteiger partial charge is 0.269 e. The second-order valence-electron chi connectivity index (χ2n) is 7.59. The van der Waals surface area contributed by atoms with Crippen LogP contribution in [0.15, 0.2) is 30.3 Å². The highest BCUT2D eigenvalue weighted by atomic mass is 16.6. The van der Waals surface area contributed by atoms with Gasteiger partial charge in [0.15, 0.2) is 23.0 Å². The summed E-state index contributed by atoms with van der Waals surface area (Å²) < 4.78 is 26.8. The van der Waals surface area contributed by atoms with E-state index < -0.39 is 17.7 Å². The Bertz CT molecular complexity index is 1090. The molecular formula is C23H25N3O8. The third kappa shape index (κ3) is 4.49. The first-order valence-corrected chi connectivity index (χ1v) is 10.5. The Balaban J connectivity index is 1.39. The Hall–Kier alpha value is -4.15. The molecule has 0 aromatic heterocycles. The highest BCUT2D eigenvalue weighted by Gasteiger charge is 2.36. The van der Waals surface area contributed by atoms with Gasteiger partial charge in [0, 0.05) is 30.3 Å². The molecule has 1 atom stereocenters. The number of nitrogens with zero attached hydrogens (tertiary/aromatic N) is 1. The number of fused-ring (bicyclic) bond motifs is 1. The molecule has 1 saturated heterocycles. The van der Waals surface area contributed by atoms with Crippen molar-refractivity contribution in [3.05, 3.63) is 35.9 Å². The number of hydrogen-bond donors (Lipinski definition) is 2. The average Bonchev–Trinajstić information content (AvgIpc) is 3.27. The zero-order valence-corrected chi connectivity index (χ0v) is 19.0. The van der Waals surface area contributed by atoms with Crippen molar-refractivity contribution in [1.29, 1.82) is 0 Å². The van der Waals surface area contributed by atoms with E-state index in [4.69, 9.17) is 23.7 Å². The maximum absolute atomic E-state index is 12.7. The van der Waals surface area contributed by atoms with E-state index in [2.05, 4.69) is 10.9 Å². The highest BCUT2D eigenvalue weighted by molar-refractivity contribution is 6.01. The lowest BCUT2D eigenvalue weighted by Crippen LogP contribution is -2.45. The van der Waals surface area contributed by atoms with Crippen molar-refractivity contribution in [1.82, 2.24) is 10.9 Å². The van der Waals surface area contributed by atoms with Crippen LogP contribution in [0.25, 0.3) is 0 Å². The van der Waals surface area contributed by atoms with Gasteiger partial charge in [-0.25, -0.2) is 0 Å². The van der Waals surface area contributed by atoms with Crippen molar-refractivity contribution >= 4 is 23.4 Å². The number of ether oxygens (including phenoxy) is 5. The molecule has 1 fully saturated rings. The minimum atomic E-state index is -0.638. The van der Waals surface area contributed by atoms with Gasteiger partial charge in [-0.3, -0.25) is 25.2 Å². The molecule has 11 heteroatoms. The molecule has 0 unspecified atom stereocenters. The summed E-state index contributed by atoms with van der Waals surface area (Å²) in [6.07, 6.45) is 0.0142. The van der Waals surface area contributed by atoms with Crippen LogP contribution in [0.2, 0.25) is 0 Å². The lowest BCUT2D eigenvalue weighted by atomic mass is 10.1. The molecule has 0 radical (unpaired) electrons. The van der Waals surface area contributed by atoms with E-state index in [1.165, 1.54) is 38.4 Å². The Morgan fingerprint density at radius 2 is 1.62 bits per heavy atom. The largest absolute Gasteiger partial charge is 0.493 e. The summed E-state index contributed by atoms with van der Waals surface area (Å²) in [5, 5.41) is 0. The van der Waals surface area contributed by atoms with Gasteiger partial charge < -0.3 is 28.6 Å². The summed E-state index contributed by atoms with van der Waals surface area (Å²) in [5.74, 6) is 0.217. The molecule has 11 nitrogen and oxygen atoms in total. The van der Waals surface area contributed by atoms with E-state index in [1.54, 1.807) is 18.2 Å². The van der Waals surface area contributed by atoms with Gasteiger partial charge in [0.1, 0.15) is 13.2 Å². The van der Waals surface area contributed by atoms with E-state index in [0.717, 1.165) is 0 Å². The van der Waals surface area contributed by atoms with Gasteiger partial charge in [-0.05, 0) is 24.3 Å². The number of amides is 3. The summed E-state index contributed by atoms with van der Waals surface area (Å²) in [4.78, 5) is 39.4. The van der Waals surface area contributed by atoms with Crippen LogP contribution in [0.4, 0.5) is 5.69 Å². The Labute approximate surface area is 195 Å². The summed E-state index contributed by atoms with van der Waals surface area (Å²) in [7, 11) is 4.33. The van der Waals surface area contributed by atoms with E-state index in [-0.39, 0.29) is 24.4 Å². The lowest BCUT2D eigenvalue weighted by Gasteiger charge is -2.22. The molecule has 2 aromatic carbocycles. The SMILES string of the molecule is COc1cc(C(=O)NNC(=O)[C@@H]2CC(=O)N(c3ccc4c(c3)OCCO4)C2)cc(OC)c1OC. The minimum Gasteiger partial charge on any atom is -0.493 e. The van der Waals surface area contributed by atoms with Gasteiger partial charge in [-0.2, -0.15) is 0 Å².